The van der Waals surface area contributed by atoms with Crippen molar-refractivity contribution in [1.29, 1.82) is 0 Å². The topological polar surface area (TPSA) is 15.3 Å². The molecule has 1 aliphatic heterocycles. The molecule has 0 spiro atoms. The molecule has 0 amide bonds. The lowest BCUT2D eigenvalue weighted by atomic mass is 9.90. The van der Waals surface area contributed by atoms with Crippen LogP contribution in [0.4, 0.5) is 0 Å². The van der Waals surface area contributed by atoms with E-state index in [0.29, 0.717) is 6.04 Å². The Morgan fingerprint density at radius 2 is 2.07 bits per heavy atom. The van der Waals surface area contributed by atoms with Gasteiger partial charge < -0.3 is 10.2 Å². The van der Waals surface area contributed by atoms with Crippen LogP contribution in [-0.4, -0.2) is 49.6 Å². The molecule has 2 nitrogen and oxygen atoms in total. The third-order valence-electron chi connectivity index (χ3n) is 3.46. The molecule has 1 unspecified atom stereocenters. The lowest BCUT2D eigenvalue weighted by Crippen LogP contribution is -2.41. The fourth-order valence-electron chi connectivity index (χ4n) is 2.24. The van der Waals surface area contributed by atoms with Crippen LogP contribution in [0.5, 0.6) is 0 Å². The Balaban J connectivity index is 2.08. The highest BCUT2D eigenvalue weighted by Crippen LogP contribution is 2.19. The molecule has 0 aromatic heterocycles. The lowest BCUT2D eigenvalue weighted by Gasteiger charge is -2.33. The number of hydrogen-bond donors (Lipinski definition) is 1. The Labute approximate surface area is 99.2 Å². The third-order valence-corrected chi connectivity index (χ3v) is 4.16. The molecule has 0 aliphatic carbocycles. The SMILES string of the molecule is CSCCCNC(C)C1CCN(C)CC1. The van der Waals surface area contributed by atoms with E-state index in [1.165, 1.54) is 44.6 Å². The second-order valence-corrected chi connectivity index (χ2v) is 5.72. The molecule has 3 heteroatoms. The summed E-state index contributed by atoms with van der Waals surface area (Å²) in [6.45, 7) is 6.10. The summed E-state index contributed by atoms with van der Waals surface area (Å²) >= 11 is 1.94. The van der Waals surface area contributed by atoms with Crippen molar-refractivity contribution >= 4 is 11.8 Å². The Hall–Kier alpha value is 0.270. The average molecular weight is 230 g/mol. The minimum Gasteiger partial charge on any atom is -0.314 e. The van der Waals surface area contributed by atoms with Gasteiger partial charge in [0.05, 0.1) is 0 Å². The first-order valence-corrected chi connectivity index (χ1v) is 7.54. The zero-order chi connectivity index (χ0) is 11.1. The number of rotatable bonds is 6. The van der Waals surface area contributed by atoms with E-state index in [1.807, 2.05) is 11.8 Å². The molecule has 1 N–H and O–H groups in total. The highest BCUT2D eigenvalue weighted by Gasteiger charge is 2.21. The largest absolute Gasteiger partial charge is 0.314 e. The Morgan fingerprint density at radius 1 is 1.40 bits per heavy atom. The maximum Gasteiger partial charge on any atom is 0.00679 e. The summed E-state index contributed by atoms with van der Waals surface area (Å²) < 4.78 is 0. The number of likely N-dealkylation sites (tertiary alicyclic amines) is 1. The smallest absolute Gasteiger partial charge is 0.00679 e. The van der Waals surface area contributed by atoms with Gasteiger partial charge in [0.25, 0.3) is 0 Å². The summed E-state index contributed by atoms with van der Waals surface area (Å²) in [5.74, 6) is 2.18. The van der Waals surface area contributed by atoms with Crippen molar-refractivity contribution in [3.63, 3.8) is 0 Å². The van der Waals surface area contributed by atoms with Crippen LogP contribution in [0.3, 0.4) is 0 Å². The van der Waals surface area contributed by atoms with Crippen LogP contribution in [-0.2, 0) is 0 Å². The van der Waals surface area contributed by atoms with Crippen LogP contribution in [0.1, 0.15) is 26.2 Å². The summed E-state index contributed by atoms with van der Waals surface area (Å²) in [5.41, 5.74) is 0. The monoisotopic (exact) mass is 230 g/mol. The van der Waals surface area contributed by atoms with Gasteiger partial charge in [0.1, 0.15) is 0 Å². The van der Waals surface area contributed by atoms with Crippen molar-refractivity contribution < 1.29 is 0 Å². The molecule has 1 atom stereocenters. The Bertz CT molecular complexity index is 156. The Kier molecular flexibility index (Phi) is 6.69. The highest BCUT2D eigenvalue weighted by molar-refractivity contribution is 7.98. The summed E-state index contributed by atoms with van der Waals surface area (Å²) in [4.78, 5) is 2.44. The van der Waals surface area contributed by atoms with E-state index in [2.05, 4.69) is 30.4 Å². The molecule has 1 fully saturated rings. The summed E-state index contributed by atoms with van der Waals surface area (Å²) in [5, 5.41) is 3.67. The van der Waals surface area contributed by atoms with Crippen LogP contribution in [0.15, 0.2) is 0 Å². The molecule has 0 bridgehead atoms. The zero-order valence-corrected chi connectivity index (χ0v) is 11.3. The normalized spacial score (nSPS) is 21.8. The minimum atomic E-state index is 0.709. The van der Waals surface area contributed by atoms with Crippen LogP contribution in [0.25, 0.3) is 0 Å². The van der Waals surface area contributed by atoms with Crippen LogP contribution in [0.2, 0.25) is 0 Å². The second kappa shape index (κ2) is 7.53. The zero-order valence-electron chi connectivity index (χ0n) is 10.5. The van der Waals surface area contributed by atoms with Crippen molar-refractivity contribution in [2.75, 3.05) is 38.7 Å². The number of nitrogens with zero attached hydrogens (tertiary/aromatic N) is 1. The quantitative estimate of drug-likeness (QED) is 0.703. The molecule has 0 aromatic rings. The van der Waals surface area contributed by atoms with E-state index in [9.17, 15) is 0 Å². The van der Waals surface area contributed by atoms with Gasteiger partial charge in [0, 0.05) is 6.04 Å². The first kappa shape index (κ1) is 13.3. The molecule has 0 aromatic carbocycles. The van der Waals surface area contributed by atoms with E-state index in [0.717, 1.165) is 5.92 Å². The summed E-state index contributed by atoms with van der Waals surface area (Å²) in [7, 11) is 2.23. The molecule has 1 saturated heterocycles. The van der Waals surface area contributed by atoms with Gasteiger partial charge >= 0.3 is 0 Å². The van der Waals surface area contributed by atoms with Crippen molar-refractivity contribution in [2.45, 2.75) is 32.2 Å². The van der Waals surface area contributed by atoms with Gasteiger partial charge in [-0.05, 0) is 70.8 Å². The van der Waals surface area contributed by atoms with Gasteiger partial charge in [-0.2, -0.15) is 11.8 Å². The second-order valence-electron chi connectivity index (χ2n) is 4.73. The predicted molar refractivity (Wildman–Crippen MR) is 70.7 cm³/mol. The third kappa shape index (κ3) is 5.23. The molecule has 0 radical (unpaired) electrons. The maximum atomic E-state index is 3.67. The predicted octanol–water partition coefficient (Wildman–Crippen LogP) is 2.06. The van der Waals surface area contributed by atoms with E-state index in [1.54, 1.807) is 0 Å². The van der Waals surface area contributed by atoms with Gasteiger partial charge in [-0.3, -0.25) is 0 Å². The fraction of sp³-hybridized carbons (Fsp3) is 1.00. The molecular formula is C12H26N2S. The van der Waals surface area contributed by atoms with Gasteiger partial charge in [-0.25, -0.2) is 0 Å². The first-order valence-electron chi connectivity index (χ1n) is 6.15. The van der Waals surface area contributed by atoms with Crippen molar-refractivity contribution in [3.05, 3.63) is 0 Å². The highest BCUT2D eigenvalue weighted by atomic mass is 32.2. The maximum absolute atomic E-state index is 3.67. The molecule has 90 valence electrons. The molecule has 1 aliphatic rings. The first-order chi connectivity index (χ1) is 7.24. The molecule has 1 rings (SSSR count). The van der Waals surface area contributed by atoms with Gasteiger partial charge in [0.2, 0.25) is 0 Å². The standard InChI is InChI=1S/C12H26N2S/c1-11(13-7-4-10-15-3)12-5-8-14(2)9-6-12/h11-13H,4-10H2,1-3H3. The molecular weight excluding hydrogens is 204 g/mol. The number of hydrogen-bond acceptors (Lipinski definition) is 3. The number of thioether (sulfide) groups is 1. The van der Waals surface area contributed by atoms with Crippen LogP contribution < -0.4 is 5.32 Å². The number of nitrogens with one attached hydrogen (secondary N) is 1. The molecule has 15 heavy (non-hydrogen) atoms. The fourth-order valence-corrected chi connectivity index (χ4v) is 2.67. The van der Waals surface area contributed by atoms with Crippen molar-refractivity contribution in [2.24, 2.45) is 5.92 Å². The molecule has 1 heterocycles. The summed E-state index contributed by atoms with van der Waals surface area (Å²) in [6, 6.07) is 0.709. The van der Waals surface area contributed by atoms with Crippen molar-refractivity contribution in [3.8, 4) is 0 Å². The lowest BCUT2D eigenvalue weighted by molar-refractivity contribution is 0.190. The van der Waals surface area contributed by atoms with E-state index >= 15 is 0 Å². The van der Waals surface area contributed by atoms with Gasteiger partial charge in [-0.15, -0.1) is 0 Å². The van der Waals surface area contributed by atoms with Gasteiger partial charge in [-0.1, -0.05) is 0 Å². The van der Waals surface area contributed by atoms with Crippen LogP contribution in [0, 0.1) is 5.92 Å². The van der Waals surface area contributed by atoms with E-state index < -0.39 is 0 Å². The molecule has 0 saturated carbocycles. The Morgan fingerprint density at radius 3 is 2.67 bits per heavy atom. The average Bonchev–Trinajstić information content (AvgIpc) is 2.25. The van der Waals surface area contributed by atoms with Gasteiger partial charge in [0.15, 0.2) is 0 Å². The number of piperidine rings is 1. The minimum absolute atomic E-state index is 0.709. The van der Waals surface area contributed by atoms with Crippen LogP contribution >= 0.6 is 11.8 Å². The van der Waals surface area contributed by atoms with E-state index in [4.69, 9.17) is 0 Å². The van der Waals surface area contributed by atoms with Crippen molar-refractivity contribution in [1.82, 2.24) is 10.2 Å². The van der Waals surface area contributed by atoms with E-state index in [-0.39, 0.29) is 0 Å². The summed E-state index contributed by atoms with van der Waals surface area (Å²) in [6.07, 6.45) is 6.22.